The minimum atomic E-state index is -0.300. The van der Waals surface area contributed by atoms with E-state index < -0.39 is 0 Å². The lowest BCUT2D eigenvalue weighted by Crippen LogP contribution is -2.13. The molecule has 2 aromatic carbocycles. The Labute approximate surface area is 166 Å². The van der Waals surface area contributed by atoms with E-state index in [1.807, 2.05) is 13.8 Å². The lowest BCUT2D eigenvalue weighted by Gasteiger charge is -2.15. The zero-order valence-corrected chi connectivity index (χ0v) is 17.5. The zero-order valence-electron chi connectivity index (χ0n) is 15.1. The second kappa shape index (κ2) is 9.14. The van der Waals surface area contributed by atoms with Gasteiger partial charge in [0.15, 0.2) is 11.5 Å². The van der Waals surface area contributed by atoms with Crippen LogP contribution in [-0.4, -0.2) is 26.7 Å². The minimum Gasteiger partial charge on any atom is -0.495 e. The summed E-state index contributed by atoms with van der Waals surface area (Å²) in [5.74, 6) is 1.25. The van der Waals surface area contributed by atoms with Crippen molar-refractivity contribution in [2.24, 2.45) is 0 Å². The van der Waals surface area contributed by atoms with Gasteiger partial charge in [-0.25, -0.2) is 0 Å². The van der Waals surface area contributed by atoms with E-state index in [4.69, 9.17) is 25.8 Å². The van der Waals surface area contributed by atoms with Crippen LogP contribution in [0.3, 0.4) is 0 Å². The highest BCUT2D eigenvalue weighted by Gasteiger charge is 2.17. The number of benzene rings is 2. The van der Waals surface area contributed by atoms with E-state index in [1.54, 1.807) is 24.3 Å². The standard InChI is InChI=1S/C19H21BrClNO4/c1-5-6-26-18-13(20)8-12(9-17(18)25-4)19(23)22-15-7-11(2)14(21)10-16(15)24-3/h7-10H,5-6H2,1-4H3,(H,22,23). The first-order chi connectivity index (χ1) is 12.4. The molecule has 0 aliphatic rings. The summed E-state index contributed by atoms with van der Waals surface area (Å²) in [4.78, 5) is 12.7. The summed E-state index contributed by atoms with van der Waals surface area (Å²) in [6.07, 6.45) is 0.869. The number of nitrogens with one attached hydrogen (secondary N) is 1. The third kappa shape index (κ3) is 4.62. The SMILES string of the molecule is CCCOc1c(Br)cc(C(=O)Nc2cc(C)c(Cl)cc2OC)cc1OC. The van der Waals surface area contributed by atoms with Gasteiger partial charge in [0.1, 0.15) is 5.75 Å². The largest absolute Gasteiger partial charge is 0.495 e. The molecule has 0 atom stereocenters. The summed E-state index contributed by atoms with van der Waals surface area (Å²) in [5, 5.41) is 3.42. The number of ether oxygens (including phenoxy) is 3. The lowest BCUT2D eigenvalue weighted by atomic mass is 10.1. The number of carbonyl (C=O) groups excluding carboxylic acids is 1. The third-order valence-corrected chi connectivity index (χ3v) is 4.67. The quantitative estimate of drug-likeness (QED) is 0.618. The molecule has 0 aliphatic carbocycles. The van der Waals surface area contributed by atoms with Crippen molar-refractivity contribution in [1.29, 1.82) is 0 Å². The summed E-state index contributed by atoms with van der Waals surface area (Å²) in [6, 6.07) is 6.77. The van der Waals surface area contributed by atoms with E-state index in [0.29, 0.717) is 44.6 Å². The molecule has 0 bridgehead atoms. The first-order valence-electron chi connectivity index (χ1n) is 8.07. The molecular weight excluding hydrogens is 422 g/mol. The van der Waals surface area contributed by atoms with Crippen LogP contribution >= 0.6 is 27.5 Å². The Morgan fingerprint density at radius 2 is 1.85 bits per heavy atom. The molecule has 2 aromatic rings. The highest BCUT2D eigenvalue weighted by atomic mass is 79.9. The second-order valence-electron chi connectivity index (χ2n) is 5.59. The summed E-state index contributed by atoms with van der Waals surface area (Å²) in [5.41, 5.74) is 1.80. The van der Waals surface area contributed by atoms with Crippen molar-refractivity contribution < 1.29 is 19.0 Å². The summed E-state index contributed by atoms with van der Waals surface area (Å²) >= 11 is 9.55. The molecule has 0 spiro atoms. The van der Waals surface area contributed by atoms with Crippen molar-refractivity contribution in [1.82, 2.24) is 0 Å². The van der Waals surface area contributed by atoms with Crippen LogP contribution in [-0.2, 0) is 0 Å². The highest BCUT2D eigenvalue weighted by Crippen LogP contribution is 2.37. The number of rotatable bonds is 7. The van der Waals surface area contributed by atoms with Gasteiger partial charge in [-0.3, -0.25) is 4.79 Å². The monoisotopic (exact) mass is 441 g/mol. The van der Waals surface area contributed by atoms with Crippen molar-refractivity contribution in [2.75, 3.05) is 26.1 Å². The number of hydrogen-bond acceptors (Lipinski definition) is 4. The van der Waals surface area contributed by atoms with Crippen LogP contribution in [0.25, 0.3) is 0 Å². The van der Waals surface area contributed by atoms with Crippen molar-refractivity contribution in [3.63, 3.8) is 0 Å². The maximum Gasteiger partial charge on any atom is 0.255 e. The van der Waals surface area contributed by atoms with Gasteiger partial charge in [-0.2, -0.15) is 0 Å². The van der Waals surface area contributed by atoms with Crippen LogP contribution < -0.4 is 19.5 Å². The van der Waals surface area contributed by atoms with E-state index in [1.165, 1.54) is 14.2 Å². The number of aryl methyl sites for hydroxylation is 1. The van der Waals surface area contributed by atoms with Crippen molar-refractivity contribution >= 4 is 39.1 Å². The average molecular weight is 443 g/mol. The molecule has 0 aromatic heterocycles. The molecule has 1 amide bonds. The van der Waals surface area contributed by atoms with E-state index >= 15 is 0 Å². The van der Waals surface area contributed by atoms with E-state index in [9.17, 15) is 4.79 Å². The third-order valence-electron chi connectivity index (χ3n) is 3.67. The van der Waals surface area contributed by atoms with Crippen molar-refractivity contribution in [3.05, 3.63) is 44.9 Å². The maximum atomic E-state index is 12.7. The molecule has 0 heterocycles. The van der Waals surface area contributed by atoms with Crippen molar-refractivity contribution in [3.8, 4) is 17.2 Å². The predicted octanol–water partition coefficient (Wildman–Crippen LogP) is 5.47. The summed E-state index contributed by atoms with van der Waals surface area (Å²) < 4.78 is 17.0. The van der Waals surface area contributed by atoms with Crippen LogP contribution in [0.1, 0.15) is 29.3 Å². The van der Waals surface area contributed by atoms with Gasteiger partial charge >= 0.3 is 0 Å². The highest BCUT2D eigenvalue weighted by molar-refractivity contribution is 9.10. The molecule has 0 unspecified atom stereocenters. The molecule has 1 N–H and O–H groups in total. The number of methoxy groups -OCH3 is 2. The number of amides is 1. The molecule has 140 valence electrons. The Balaban J connectivity index is 2.33. The minimum absolute atomic E-state index is 0.300. The van der Waals surface area contributed by atoms with Gasteiger partial charge in [0.25, 0.3) is 5.91 Å². The zero-order chi connectivity index (χ0) is 19.3. The van der Waals surface area contributed by atoms with Gasteiger partial charge in [0.2, 0.25) is 0 Å². The van der Waals surface area contributed by atoms with Crippen LogP contribution in [0.5, 0.6) is 17.2 Å². The molecule has 5 nitrogen and oxygen atoms in total. The summed E-state index contributed by atoms with van der Waals surface area (Å²) in [7, 11) is 3.06. The number of anilines is 1. The fourth-order valence-electron chi connectivity index (χ4n) is 2.32. The van der Waals surface area contributed by atoms with Crippen LogP contribution in [0.2, 0.25) is 5.02 Å². The topological polar surface area (TPSA) is 56.8 Å². The molecule has 2 rings (SSSR count). The van der Waals surface area contributed by atoms with E-state index in [-0.39, 0.29) is 5.91 Å². The Kier molecular flexibility index (Phi) is 7.17. The fourth-order valence-corrected chi connectivity index (χ4v) is 3.03. The predicted molar refractivity (Wildman–Crippen MR) is 107 cm³/mol. The van der Waals surface area contributed by atoms with Crippen molar-refractivity contribution in [2.45, 2.75) is 20.3 Å². The summed E-state index contributed by atoms with van der Waals surface area (Å²) in [6.45, 7) is 4.43. The Bertz CT molecular complexity index is 811. The van der Waals surface area contributed by atoms with Gasteiger partial charge in [0.05, 0.1) is 31.0 Å². The molecule has 0 radical (unpaired) electrons. The van der Waals surface area contributed by atoms with Gasteiger partial charge in [0, 0.05) is 16.7 Å². The van der Waals surface area contributed by atoms with Gasteiger partial charge in [-0.15, -0.1) is 0 Å². The lowest BCUT2D eigenvalue weighted by molar-refractivity contribution is 0.102. The molecule has 0 saturated carbocycles. The number of hydrogen-bond donors (Lipinski definition) is 1. The smallest absolute Gasteiger partial charge is 0.255 e. The first kappa shape index (κ1) is 20.4. The molecule has 7 heteroatoms. The van der Waals surface area contributed by atoms with Gasteiger partial charge in [-0.1, -0.05) is 18.5 Å². The molecule has 0 saturated heterocycles. The maximum absolute atomic E-state index is 12.7. The Morgan fingerprint density at radius 1 is 1.15 bits per heavy atom. The van der Waals surface area contributed by atoms with Gasteiger partial charge < -0.3 is 19.5 Å². The number of carbonyl (C=O) groups is 1. The van der Waals surface area contributed by atoms with Gasteiger partial charge in [-0.05, 0) is 53.0 Å². The fraction of sp³-hybridized carbons (Fsp3) is 0.316. The molecular formula is C19H21BrClNO4. The molecule has 26 heavy (non-hydrogen) atoms. The first-order valence-corrected chi connectivity index (χ1v) is 9.24. The Morgan fingerprint density at radius 3 is 2.46 bits per heavy atom. The molecule has 0 aliphatic heterocycles. The van der Waals surface area contributed by atoms with Crippen LogP contribution in [0.15, 0.2) is 28.7 Å². The van der Waals surface area contributed by atoms with Crippen LogP contribution in [0, 0.1) is 6.92 Å². The van der Waals surface area contributed by atoms with E-state index in [0.717, 1.165) is 12.0 Å². The van der Waals surface area contributed by atoms with Crippen LogP contribution in [0.4, 0.5) is 5.69 Å². The second-order valence-corrected chi connectivity index (χ2v) is 6.86. The van der Waals surface area contributed by atoms with E-state index in [2.05, 4.69) is 21.2 Å². The normalized spacial score (nSPS) is 10.4. The Hall–Kier alpha value is -1.92. The average Bonchev–Trinajstić information content (AvgIpc) is 2.62. The molecule has 0 fully saturated rings. The number of halogens is 2.